The number of hydrogen-bond donors (Lipinski definition) is 0. The molecule has 1 aromatic rings. The van der Waals surface area contributed by atoms with Crippen molar-refractivity contribution in [3.05, 3.63) is 29.8 Å². The van der Waals surface area contributed by atoms with Crippen LogP contribution in [0.4, 0.5) is 10.5 Å². The Morgan fingerprint density at radius 1 is 1.42 bits per heavy atom. The average molecular weight is 283 g/mol. The number of anilines is 1. The lowest BCUT2D eigenvalue weighted by atomic mass is 9.97. The van der Waals surface area contributed by atoms with Gasteiger partial charge in [-0.15, -0.1) is 11.6 Å². The molecule has 102 valence electrons. The number of para-hydroxylation sites is 1. The SMILES string of the molecule is COC(=O)N1CCC2(Cl)c3ccccc3N(OC)C12. The van der Waals surface area contributed by atoms with Gasteiger partial charge in [0.1, 0.15) is 4.87 Å². The van der Waals surface area contributed by atoms with E-state index in [1.807, 2.05) is 24.3 Å². The number of carbonyl (C=O) groups excluding carboxylic acids is 1. The Kier molecular flexibility index (Phi) is 2.83. The first-order valence-electron chi connectivity index (χ1n) is 6.10. The lowest BCUT2D eigenvalue weighted by Crippen LogP contribution is -2.49. The molecule has 1 saturated heterocycles. The van der Waals surface area contributed by atoms with Gasteiger partial charge in [-0.05, 0) is 12.5 Å². The molecule has 2 aliphatic rings. The monoisotopic (exact) mass is 282 g/mol. The highest BCUT2D eigenvalue weighted by molar-refractivity contribution is 6.26. The van der Waals surface area contributed by atoms with Gasteiger partial charge in [0.2, 0.25) is 0 Å². The van der Waals surface area contributed by atoms with Gasteiger partial charge in [-0.25, -0.2) is 9.86 Å². The normalized spacial score (nSPS) is 28.3. The van der Waals surface area contributed by atoms with E-state index in [1.54, 1.807) is 17.1 Å². The summed E-state index contributed by atoms with van der Waals surface area (Å²) < 4.78 is 4.83. The molecule has 6 heteroatoms. The molecule has 0 aliphatic carbocycles. The van der Waals surface area contributed by atoms with E-state index in [2.05, 4.69) is 0 Å². The van der Waals surface area contributed by atoms with Crippen LogP contribution in [0.1, 0.15) is 12.0 Å². The second-order valence-electron chi connectivity index (χ2n) is 4.68. The first-order chi connectivity index (χ1) is 9.13. The van der Waals surface area contributed by atoms with E-state index in [0.29, 0.717) is 13.0 Å². The van der Waals surface area contributed by atoms with Crippen molar-refractivity contribution >= 4 is 23.4 Å². The van der Waals surface area contributed by atoms with E-state index in [4.69, 9.17) is 21.2 Å². The second-order valence-corrected chi connectivity index (χ2v) is 5.35. The van der Waals surface area contributed by atoms with E-state index in [9.17, 15) is 4.79 Å². The quantitative estimate of drug-likeness (QED) is 0.741. The first kappa shape index (κ1) is 12.6. The minimum atomic E-state index is -0.638. The maximum absolute atomic E-state index is 11.9. The summed E-state index contributed by atoms with van der Waals surface area (Å²) in [5, 5.41) is 1.69. The second kappa shape index (κ2) is 4.28. The molecular formula is C13H15ClN2O3. The molecule has 19 heavy (non-hydrogen) atoms. The van der Waals surface area contributed by atoms with Gasteiger partial charge in [-0.1, -0.05) is 18.2 Å². The van der Waals surface area contributed by atoms with Gasteiger partial charge in [0, 0.05) is 12.1 Å². The third-order valence-electron chi connectivity index (χ3n) is 3.84. The summed E-state index contributed by atoms with van der Waals surface area (Å²) in [4.78, 5) is 18.3. The highest BCUT2D eigenvalue weighted by Crippen LogP contribution is 2.54. The van der Waals surface area contributed by atoms with Gasteiger partial charge < -0.3 is 4.74 Å². The van der Waals surface area contributed by atoms with E-state index in [1.165, 1.54) is 7.11 Å². The molecule has 5 nitrogen and oxygen atoms in total. The van der Waals surface area contributed by atoms with Crippen LogP contribution in [-0.4, -0.2) is 37.9 Å². The van der Waals surface area contributed by atoms with E-state index < -0.39 is 4.87 Å². The van der Waals surface area contributed by atoms with E-state index in [0.717, 1.165) is 11.3 Å². The maximum atomic E-state index is 11.9. The molecule has 2 atom stereocenters. The van der Waals surface area contributed by atoms with Crippen molar-refractivity contribution in [3.63, 3.8) is 0 Å². The number of halogens is 1. The predicted octanol–water partition coefficient (Wildman–Crippen LogP) is 2.30. The molecule has 2 aliphatic heterocycles. The summed E-state index contributed by atoms with van der Waals surface area (Å²) in [6, 6.07) is 7.79. The number of methoxy groups -OCH3 is 1. The number of alkyl halides is 1. The van der Waals surface area contributed by atoms with Gasteiger partial charge in [0.05, 0.1) is 19.9 Å². The third kappa shape index (κ3) is 1.55. The molecule has 1 amide bonds. The molecule has 1 aromatic carbocycles. The van der Waals surface area contributed by atoms with Crippen LogP contribution in [-0.2, 0) is 14.4 Å². The van der Waals surface area contributed by atoms with Crippen LogP contribution in [0.2, 0.25) is 0 Å². The highest BCUT2D eigenvalue weighted by atomic mass is 35.5. The van der Waals surface area contributed by atoms with Crippen LogP contribution in [0.15, 0.2) is 24.3 Å². The molecule has 0 radical (unpaired) electrons. The Balaban J connectivity index is 2.09. The Labute approximate surface area is 116 Å². The average Bonchev–Trinajstić information content (AvgIpc) is 2.89. The standard InChI is InChI=1S/C13H15ClN2O3/c1-18-12(17)15-8-7-13(14)9-5-3-4-6-10(9)16(19-2)11(13)15/h3-6,11H,7-8H2,1-2H3. The summed E-state index contributed by atoms with van der Waals surface area (Å²) in [6.45, 7) is 0.551. The molecule has 0 N–H and O–H groups in total. The fraction of sp³-hybridized carbons (Fsp3) is 0.462. The van der Waals surface area contributed by atoms with Gasteiger partial charge >= 0.3 is 6.09 Å². The third-order valence-corrected chi connectivity index (χ3v) is 4.43. The fourth-order valence-corrected chi connectivity index (χ4v) is 3.47. The maximum Gasteiger partial charge on any atom is 0.411 e. The molecule has 2 unspecified atom stereocenters. The minimum Gasteiger partial charge on any atom is -0.453 e. The predicted molar refractivity (Wildman–Crippen MR) is 71.0 cm³/mol. The molecule has 3 rings (SSSR count). The molecule has 0 saturated carbocycles. The summed E-state index contributed by atoms with van der Waals surface area (Å²) >= 11 is 6.80. The van der Waals surface area contributed by atoms with Crippen molar-refractivity contribution < 1.29 is 14.4 Å². The molecule has 1 fully saturated rings. The number of fused-ring (bicyclic) bond motifs is 3. The number of likely N-dealkylation sites (tertiary alicyclic amines) is 1. The largest absolute Gasteiger partial charge is 0.453 e. The summed E-state index contributed by atoms with van der Waals surface area (Å²) in [6.07, 6.45) is -0.0861. The number of rotatable bonds is 1. The van der Waals surface area contributed by atoms with Gasteiger partial charge in [-0.2, -0.15) is 0 Å². The Bertz CT molecular complexity index is 524. The number of carbonyl (C=O) groups is 1. The zero-order valence-corrected chi connectivity index (χ0v) is 11.6. The molecule has 0 bridgehead atoms. The number of benzene rings is 1. The summed E-state index contributed by atoms with van der Waals surface area (Å²) in [5.41, 5.74) is 1.90. The number of hydrogen-bond acceptors (Lipinski definition) is 4. The molecule has 0 aromatic heterocycles. The summed E-state index contributed by atoms with van der Waals surface area (Å²) in [7, 11) is 2.95. The number of amides is 1. The Morgan fingerprint density at radius 3 is 2.84 bits per heavy atom. The van der Waals surface area contributed by atoms with Crippen LogP contribution in [0.5, 0.6) is 0 Å². The number of ether oxygens (including phenoxy) is 1. The van der Waals surface area contributed by atoms with Crippen LogP contribution in [0.25, 0.3) is 0 Å². The van der Waals surface area contributed by atoms with Crippen LogP contribution >= 0.6 is 11.6 Å². The van der Waals surface area contributed by atoms with Gasteiger partial charge in [-0.3, -0.25) is 9.74 Å². The van der Waals surface area contributed by atoms with Crippen LogP contribution in [0.3, 0.4) is 0 Å². The Hall–Kier alpha value is -1.46. The van der Waals surface area contributed by atoms with Crippen LogP contribution in [0, 0.1) is 0 Å². The van der Waals surface area contributed by atoms with Crippen molar-refractivity contribution in [2.24, 2.45) is 0 Å². The molecule has 2 heterocycles. The van der Waals surface area contributed by atoms with Crippen molar-refractivity contribution in [1.29, 1.82) is 0 Å². The smallest absolute Gasteiger partial charge is 0.411 e. The molecule has 0 spiro atoms. The van der Waals surface area contributed by atoms with Gasteiger partial charge in [0.15, 0.2) is 6.17 Å². The number of hydroxylamine groups is 1. The zero-order chi connectivity index (χ0) is 13.6. The van der Waals surface area contributed by atoms with Crippen molar-refractivity contribution in [3.8, 4) is 0 Å². The minimum absolute atomic E-state index is 0.371. The zero-order valence-electron chi connectivity index (χ0n) is 10.8. The Morgan fingerprint density at radius 2 is 2.16 bits per heavy atom. The van der Waals surface area contributed by atoms with E-state index >= 15 is 0 Å². The lowest BCUT2D eigenvalue weighted by molar-refractivity contribution is 0.0666. The lowest BCUT2D eigenvalue weighted by Gasteiger charge is -2.32. The topological polar surface area (TPSA) is 42.0 Å². The van der Waals surface area contributed by atoms with Crippen molar-refractivity contribution in [1.82, 2.24) is 4.90 Å². The van der Waals surface area contributed by atoms with Crippen molar-refractivity contribution in [2.75, 3.05) is 25.8 Å². The van der Waals surface area contributed by atoms with Crippen molar-refractivity contribution in [2.45, 2.75) is 17.5 Å². The first-order valence-corrected chi connectivity index (χ1v) is 6.47. The highest BCUT2D eigenvalue weighted by Gasteiger charge is 2.58. The number of nitrogens with zero attached hydrogens (tertiary/aromatic N) is 2. The summed E-state index contributed by atoms with van der Waals surface area (Å²) in [5.74, 6) is 0. The molecular weight excluding hydrogens is 268 g/mol. The van der Waals surface area contributed by atoms with E-state index in [-0.39, 0.29) is 12.3 Å². The fourth-order valence-electron chi connectivity index (χ4n) is 3.02. The van der Waals surface area contributed by atoms with Crippen LogP contribution < -0.4 is 5.06 Å². The van der Waals surface area contributed by atoms with Gasteiger partial charge in [0.25, 0.3) is 0 Å².